The van der Waals surface area contributed by atoms with E-state index in [1.807, 2.05) is 33.9 Å². The first-order chi connectivity index (χ1) is 8.90. The minimum Gasteiger partial charge on any atom is -0.306 e. The van der Waals surface area contributed by atoms with Crippen LogP contribution in [0.1, 0.15) is 27.3 Å². The Hall–Kier alpha value is -1.69. The average molecular weight is 323 g/mol. The summed E-state index contributed by atoms with van der Waals surface area (Å²) in [6, 6.07) is 1.91. The number of pyridine rings is 1. The van der Waals surface area contributed by atoms with Crippen molar-refractivity contribution in [3.05, 3.63) is 39.3 Å². The number of aromatic nitrogens is 3. The zero-order valence-corrected chi connectivity index (χ0v) is 12.9. The Morgan fingerprint density at radius 2 is 2.05 bits per heavy atom. The first-order valence-electron chi connectivity index (χ1n) is 5.84. The van der Waals surface area contributed by atoms with Crippen molar-refractivity contribution in [3.63, 3.8) is 0 Å². The van der Waals surface area contributed by atoms with Gasteiger partial charge in [0.05, 0.1) is 11.3 Å². The van der Waals surface area contributed by atoms with Gasteiger partial charge in [-0.2, -0.15) is 5.10 Å². The molecule has 0 fully saturated rings. The number of carbonyl (C=O) groups is 1. The van der Waals surface area contributed by atoms with E-state index in [0.29, 0.717) is 17.1 Å². The zero-order valence-electron chi connectivity index (χ0n) is 11.3. The van der Waals surface area contributed by atoms with Crippen LogP contribution in [0.25, 0.3) is 0 Å². The van der Waals surface area contributed by atoms with E-state index < -0.39 is 0 Å². The van der Waals surface area contributed by atoms with Crippen LogP contribution in [0.2, 0.25) is 0 Å². The second-order valence-corrected chi connectivity index (χ2v) is 5.36. The quantitative estimate of drug-likeness (QED) is 0.924. The molecule has 0 aliphatic rings. The minimum absolute atomic E-state index is 0.180. The molecule has 5 nitrogen and oxygen atoms in total. The SMILES string of the molecule is Cc1cc(Br)cnc1NC(=O)c1c(C)nn(C)c1C. The van der Waals surface area contributed by atoms with Crippen LogP contribution in [0.3, 0.4) is 0 Å². The lowest BCUT2D eigenvalue weighted by Crippen LogP contribution is -2.15. The molecule has 0 saturated carbocycles. The minimum atomic E-state index is -0.180. The summed E-state index contributed by atoms with van der Waals surface area (Å²) in [5, 5.41) is 7.06. The van der Waals surface area contributed by atoms with Crippen molar-refractivity contribution in [1.29, 1.82) is 0 Å². The Kier molecular flexibility index (Phi) is 3.71. The molecule has 100 valence electrons. The van der Waals surface area contributed by atoms with Crippen LogP contribution in [-0.2, 0) is 7.05 Å². The first-order valence-corrected chi connectivity index (χ1v) is 6.63. The van der Waals surface area contributed by atoms with Gasteiger partial charge in [0.2, 0.25) is 0 Å². The van der Waals surface area contributed by atoms with E-state index in [-0.39, 0.29) is 5.91 Å². The average Bonchev–Trinajstić information content (AvgIpc) is 2.57. The molecule has 0 aliphatic heterocycles. The molecule has 6 heteroatoms. The number of nitrogens with one attached hydrogen (secondary N) is 1. The van der Waals surface area contributed by atoms with Crippen molar-refractivity contribution >= 4 is 27.7 Å². The van der Waals surface area contributed by atoms with Gasteiger partial charge in [0.25, 0.3) is 5.91 Å². The highest BCUT2D eigenvalue weighted by molar-refractivity contribution is 9.10. The summed E-state index contributed by atoms with van der Waals surface area (Å²) in [5.41, 5.74) is 3.06. The molecule has 1 amide bonds. The number of amides is 1. The van der Waals surface area contributed by atoms with Gasteiger partial charge in [-0.1, -0.05) is 0 Å². The molecule has 1 N–H and O–H groups in total. The Balaban J connectivity index is 2.31. The second-order valence-electron chi connectivity index (χ2n) is 4.44. The Morgan fingerprint density at radius 1 is 1.37 bits per heavy atom. The van der Waals surface area contributed by atoms with Crippen molar-refractivity contribution in [1.82, 2.24) is 14.8 Å². The number of aryl methyl sites for hydroxylation is 3. The number of rotatable bonds is 2. The van der Waals surface area contributed by atoms with E-state index in [2.05, 4.69) is 31.3 Å². The molecule has 0 saturated heterocycles. The molecule has 0 spiro atoms. The van der Waals surface area contributed by atoms with Crippen molar-refractivity contribution < 1.29 is 4.79 Å². The summed E-state index contributed by atoms with van der Waals surface area (Å²) in [6.45, 7) is 5.59. The fourth-order valence-electron chi connectivity index (χ4n) is 1.94. The summed E-state index contributed by atoms with van der Waals surface area (Å²) < 4.78 is 2.59. The summed E-state index contributed by atoms with van der Waals surface area (Å²) in [5.74, 6) is 0.386. The zero-order chi connectivity index (χ0) is 14.2. The lowest BCUT2D eigenvalue weighted by Gasteiger charge is -2.07. The van der Waals surface area contributed by atoms with Gasteiger partial charge in [0.1, 0.15) is 5.82 Å². The molecular formula is C13H15BrN4O. The van der Waals surface area contributed by atoms with Crippen LogP contribution < -0.4 is 5.32 Å². The van der Waals surface area contributed by atoms with Gasteiger partial charge in [-0.05, 0) is 48.3 Å². The fraction of sp³-hybridized carbons (Fsp3) is 0.308. The molecule has 2 aromatic rings. The lowest BCUT2D eigenvalue weighted by atomic mass is 10.2. The maximum absolute atomic E-state index is 12.3. The Morgan fingerprint density at radius 3 is 2.58 bits per heavy atom. The van der Waals surface area contributed by atoms with E-state index >= 15 is 0 Å². The van der Waals surface area contributed by atoms with Crippen molar-refractivity contribution in [2.75, 3.05) is 5.32 Å². The van der Waals surface area contributed by atoms with E-state index in [1.54, 1.807) is 10.9 Å². The molecular weight excluding hydrogens is 308 g/mol. The van der Waals surface area contributed by atoms with Gasteiger partial charge < -0.3 is 5.32 Å². The largest absolute Gasteiger partial charge is 0.306 e. The van der Waals surface area contributed by atoms with Crippen LogP contribution >= 0.6 is 15.9 Å². The van der Waals surface area contributed by atoms with Crippen LogP contribution in [-0.4, -0.2) is 20.7 Å². The van der Waals surface area contributed by atoms with Crippen molar-refractivity contribution in [2.24, 2.45) is 7.05 Å². The van der Waals surface area contributed by atoms with Crippen molar-refractivity contribution in [3.8, 4) is 0 Å². The number of anilines is 1. The van der Waals surface area contributed by atoms with Crippen LogP contribution in [0.15, 0.2) is 16.7 Å². The number of halogens is 1. The van der Waals surface area contributed by atoms with Gasteiger partial charge in [0.15, 0.2) is 0 Å². The van der Waals surface area contributed by atoms with Crippen molar-refractivity contribution in [2.45, 2.75) is 20.8 Å². The summed E-state index contributed by atoms with van der Waals surface area (Å²) >= 11 is 3.35. The number of hydrogen-bond acceptors (Lipinski definition) is 3. The highest BCUT2D eigenvalue weighted by Crippen LogP contribution is 2.19. The summed E-state index contributed by atoms with van der Waals surface area (Å²) in [6.07, 6.45) is 1.66. The standard InChI is InChI=1S/C13H15BrN4O/c1-7-5-10(14)6-15-12(7)16-13(19)11-8(2)17-18(4)9(11)3/h5-6H,1-4H3,(H,15,16,19). The van der Waals surface area contributed by atoms with E-state index in [0.717, 1.165) is 15.7 Å². The molecule has 2 aromatic heterocycles. The molecule has 0 radical (unpaired) electrons. The normalized spacial score (nSPS) is 10.6. The summed E-state index contributed by atoms with van der Waals surface area (Å²) in [4.78, 5) is 16.5. The number of hydrogen-bond donors (Lipinski definition) is 1. The van der Waals surface area contributed by atoms with Gasteiger partial charge in [-0.3, -0.25) is 9.48 Å². The third-order valence-corrected chi connectivity index (χ3v) is 3.45. The molecule has 0 aromatic carbocycles. The Bertz CT molecular complexity index is 648. The van der Waals surface area contributed by atoms with Crippen LogP contribution in [0, 0.1) is 20.8 Å². The third-order valence-electron chi connectivity index (χ3n) is 3.01. The third kappa shape index (κ3) is 2.68. The maximum Gasteiger partial charge on any atom is 0.260 e. The fourth-order valence-corrected chi connectivity index (χ4v) is 2.39. The lowest BCUT2D eigenvalue weighted by molar-refractivity contribution is 0.102. The molecule has 0 unspecified atom stereocenters. The second kappa shape index (κ2) is 5.13. The topological polar surface area (TPSA) is 59.8 Å². The Labute approximate surface area is 120 Å². The van der Waals surface area contributed by atoms with Gasteiger partial charge >= 0.3 is 0 Å². The predicted octanol–water partition coefficient (Wildman–Crippen LogP) is 2.76. The first kappa shape index (κ1) is 13.7. The summed E-state index contributed by atoms with van der Waals surface area (Å²) in [7, 11) is 1.82. The molecule has 19 heavy (non-hydrogen) atoms. The molecule has 2 rings (SSSR count). The number of nitrogens with zero attached hydrogens (tertiary/aromatic N) is 3. The van der Waals surface area contributed by atoms with Crippen LogP contribution in [0.5, 0.6) is 0 Å². The van der Waals surface area contributed by atoms with Gasteiger partial charge in [0, 0.05) is 23.4 Å². The monoisotopic (exact) mass is 322 g/mol. The number of carbonyl (C=O) groups excluding carboxylic acids is 1. The highest BCUT2D eigenvalue weighted by atomic mass is 79.9. The molecule has 2 heterocycles. The van der Waals surface area contributed by atoms with E-state index in [4.69, 9.17) is 0 Å². The highest BCUT2D eigenvalue weighted by Gasteiger charge is 2.18. The van der Waals surface area contributed by atoms with E-state index in [1.165, 1.54) is 0 Å². The van der Waals surface area contributed by atoms with Gasteiger partial charge in [-0.15, -0.1) is 0 Å². The van der Waals surface area contributed by atoms with Gasteiger partial charge in [-0.25, -0.2) is 4.98 Å². The smallest absolute Gasteiger partial charge is 0.260 e. The molecule has 0 bridgehead atoms. The van der Waals surface area contributed by atoms with E-state index in [9.17, 15) is 4.79 Å². The molecule has 0 aliphatic carbocycles. The maximum atomic E-state index is 12.3. The molecule has 0 atom stereocenters. The van der Waals surface area contributed by atoms with Crippen LogP contribution in [0.4, 0.5) is 5.82 Å². The predicted molar refractivity (Wildman–Crippen MR) is 77.3 cm³/mol.